The molecule has 1 saturated carbocycles. The van der Waals surface area contributed by atoms with Crippen molar-refractivity contribution < 1.29 is 4.79 Å². The van der Waals surface area contributed by atoms with Crippen molar-refractivity contribution in [2.45, 2.75) is 59.8 Å². The van der Waals surface area contributed by atoms with Crippen LogP contribution in [-0.2, 0) is 4.79 Å². The van der Waals surface area contributed by atoms with Crippen molar-refractivity contribution in [3.8, 4) is 0 Å². The summed E-state index contributed by atoms with van der Waals surface area (Å²) in [5.41, 5.74) is 6.25. The SMILES string of the molecule is CC(CC(=O)NCC1(CN)CCCC1)C(C)(C)C. The van der Waals surface area contributed by atoms with Crippen LogP contribution in [0.4, 0.5) is 0 Å². The molecule has 106 valence electrons. The highest BCUT2D eigenvalue weighted by Crippen LogP contribution is 2.36. The zero-order valence-electron chi connectivity index (χ0n) is 12.5. The second-order valence-electron chi connectivity index (χ2n) is 7.16. The molecule has 0 bridgehead atoms. The summed E-state index contributed by atoms with van der Waals surface area (Å²) < 4.78 is 0. The summed E-state index contributed by atoms with van der Waals surface area (Å²) in [6.45, 7) is 10.2. The van der Waals surface area contributed by atoms with Crippen LogP contribution >= 0.6 is 0 Å². The fourth-order valence-corrected chi connectivity index (χ4v) is 2.52. The molecule has 18 heavy (non-hydrogen) atoms. The minimum Gasteiger partial charge on any atom is -0.355 e. The number of nitrogens with two attached hydrogens (primary N) is 1. The van der Waals surface area contributed by atoms with Crippen LogP contribution in [0.2, 0.25) is 0 Å². The fraction of sp³-hybridized carbons (Fsp3) is 0.933. The van der Waals surface area contributed by atoms with Crippen LogP contribution in [0, 0.1) is 16.7 Å². The number of carbonyl (C=O) groups excluding carboxylic acids is 1. The standard InChI is InChI=1S/C15H30N2O/c1-12(14(2,3)4)9-13(18)17-11-15(10-16)7-5-6-8-15/h12H,5-11,16H2,1-4H3,(H,17,18). The van der Waals surface area contributed by atoms with Gasteiger partial charge in [-0.1, -0.05) is 40.5 Å². The van der Waals surface area contributed by atoms with Crippen molar-refractivity contribution in [1.82, 2.24) is 5.32 Å². The highest BCUT2D eigenvalue weighted by molar-refractivity contribution is 5.76. The predicted octanol–water partition coefficient (Wildman–Crippen LogP) is 2.69. The molecule has 1 unspecified atom stereocenters. The quantitative estimate of drug-likeness (QED) is 0.792. The van der Waals surface area contributed by atoms with E-state index in [0.717, 1.165) is 6.54 Å². The largest absolute Gasteiger partial charge is 0.355 e. The summed E-state index contributed by atoms with van der Waals surface area (Å²) in [4.78, 5) is 12.0. The van der Waals surface area contributed by atoms with E-state index in [1.54, 1.807) is 0 Å². The van der Waals surface area contributed by atoms with Gasteiger partial charge in [0.15, 0.2) is 0 Å². The summed E-state index contributed by atoms with van der Waals surface area (Å²) in [6.07, 6.45) is 5.46. The Hall–Kier alpha value is -0.570. The molecule has 0 aromatic carbocycles. The van der Waals surface area contributed by atoms with Crippen molar-refractivity contribution in [1.29, 1.82) is 0 Å². The molecule has 1 rings (SSSR count). The van der Waals surface area contributed by atoms with Gasteiger partial charge in [0.05, 0.1) is 0 Å². The summed E-state index contributed by atoms with van der Waals surface area (Å²) in [6, 6.07) is 0. The topological polar surface area (TPSA) is 55.1 Å². The number of hydrogen-bond donors (Lipinski definition) is 2. The molecule has 3 N–H and O–H groups in total. The van der Waals surface area contributed by atoms with Crippen molar-refractivity contribution in [3.05, 3.63) is 0 Å². The molecule has 0 aromatic rings. The highest BCUT2D eigenvalue weighted by atomic mass is 16.1. The molecule has 1 amide bonds. The Morgan fingerprint density at radius 1 is 1.33 bits per heavy atom. The van der Waals surface area contributed by atoms with Gasteiger partial charge in [-0.05, 0) is 36.1 Å². The van der Waals surface area contributed by atoms with Gasteiger partial charge in [-0.25, -0.2) is 0 Å². The Bertz CT molecular complexity index is 275. The highest BCUT2D eigenvalue weighted by Gasteiger charge is 2.33. The Morgan fingerprint density at radius 2 is 1.89 bits per heavy atom. The fourth-order valence-electron chi connectivity index (χ4n) is 2.52. The third kappa shape index (κ3) is 4.27. The molecule has 3 heteroatoms. The van der Waals surface area contributed by atoms with Gasteiger partial charge in [-0.3, -0.25) is 4.79 Å². The van der Waals surface area contributed by atoms with Crippen LogP contribution in [0.25, 0.3) is 0 Å². The lowest BCUT2D eigenvalue weighted by atomic mass is 9.80. The van der Waals surface area contributed by atoms with Crippen molar-refractivity contribution >= 4 is 5.91 Å². The first-order valence-corrected chi connectivity index (χ1v) is 7.26. The van der Waals surface area contributed by atoms with E-state index >= 15 is 0 Å². The molecule has 3 nitrogen and oxygen atoms in total. The molecule has 0 spiro atoms. The van der Waals surface area contributed by atoms with Gasteiger partial charge in [0.2, 0.25) is 5.91 Å². The average Bonchev–Trinajstić information content (AvgIpc) is 2.74. The van der Waals surface area contributed by atoms with Crippen molar-refractivity contribution in [3.63, 3.8) is 0 Å². The van der Waals surface area contributed by atoms with Crippen molar-refractivity contribution in [2.75, 3.05) is 13.1 Å². The summed E-state index contributed by atoms with van der Waals surface area (Å²) >= 11 is 0. The summed E-state index contributed by atoms with van der Waals surface area (Å²) in [5, 5.41) is 3.10. The summed E-state index contributed by atoms with van der Waals surface area (Å²) in [7, 11) is 0. The maximum atomic E-state index is 12.0. The van der Waals surface area contributed by atoms with E-state index in [0.29, 0.717) is 18.9 Å². The number of rotatable bonds is 5. The number of amides is 1. The normalized spacial score (nSPS) is 20.7. The van der Waals surface area contributed by atoms with Gasteiger partial charge in [0.25, 0.3) is 0 Å². The number of hydrogen-bond acceptors (Lipinski definition) is 2. The zero-order chi connectivity index (χ0) is 13.8. The van der Waals surface area contributed by atoms with Crippen LogP contribution in [-0.4, -0.2) is 19.0 Å². The molecule has 0 aliphatic heterocycles. The first-order chi connectivity index (χ1) is 8.29. The van der Waals surface area contributed by atoms with Crippen molar-refractivity contribution in [2.24, 2.45) is 22.5 Å². The first-order valence-electron chi connectivity index (χ1n) is 7.26. The Kier molecular flexibility index (Phi) is 5.20. The molecule has 0 radical (unpaired) electrons. The van der Waals surface area contributed by atoms with Gasteiger partial charge in [-0.15, -0.1) is 0 Å². The first kappa shape index (κ1) is 15.5. The molecular formula is C15H30N2O. The number of carbonyl (C=O) groups is 1. The monoisotopic (exact) mass is 254 g/mol. The molecule has 1 fully saturated rings. The Balaban J connectivity index is 2.37. The maximum Gasteiger partial charge on any atom is 0.220 e. The molecule has 0 aromatic heterocycles. The second kappa shape index (κ2) is 6.05. The van der Waals surface area contributed by atoms with Gasteiger partial charge in [0, 0.05) is 13.0 Å². The number of nitrogens with one attached hydrogen (secondary N) is 1. The van der Waals surface area contributed by atoms with Gasteiger partial charge >= 0.3 is 0 Å². The molecule has 1 aliphatic rings. The van der Waals surface area contributed by atoms with E-state index in [2.05, 4.69) is 33.0 Å². The lowest BCUT2D eigenvalue weighted by Crippen LogP contribution is -2.41. The molecule has 1 atom stereocenters. The second-order valence-corrected chi connectivity index (χ2v) is 7.16. The van der Waals surface area contributed by atoms with Crippen LogP contribution in [0.1, 0.15) is 59.8 Å². The van der Waals surface area contributed by atoms with E-state index in [1.165, 1.54) is 25.7 Å². The van der Waals surface area contributed by atoms with Crippen LogP contribution in [0.15, 0.2) is 0 Å². The van der Waals surface area contributed by atoms with Gasteiger partial charge in [0.1, 0.15) is 0 Å². The van der Waals surface area contributed by atoms with Gasteiger partial charge < -0.3 is 11.1 Å². The molecule has 0 heterocycles. The maximum absolute atomic E-state index is 12.0. The predicted molar refractivity (Wildman–Crippen MR) is 76.2 cm³/mol. The van der Waals surface area contributed by atoms with Crippen LogP contribution in [0.5, 0.6) is 0 Å². The molecule has 0 saturated heterocycles. The third-order valence-electron chi connectivity index (χ3n) is 4.73. The minimum atomic E-state index is 0.178. The summed E-state index contributed by atoms with van der Waals surface area (Å²) in [5.74, 6) is 0.576. The van der Waals surface area contributed by atoms with E-state index in [1.807, 2.05) is 0 Å². The van der Waals surface area contributed by atoms with E-state index < -0.39 is 0 Å². The molecule has 1 aliphatic carbocycles. The Labute approximate surface area is 112 Å². The average molecular weight is 254 g/mol. The third-order valence-corrected chi connectivity index (χ3v) is 4.73. The zero-order valence-corrected chi connectivity index (χ0v) is 12.5. The lowest BCUT2D eigenvalue weighted by Gasteiger charge is -2.29. The smallest absolute Gasteiger partial charge is 0.220 e. The van der Waals surface area contributed by atoms with E-state index in [9.17, 15) is 4.79 Å². The van der Waals surface area contributed by atoms with Gasteiger partial charge in [-0.2, -0.15) is 0 Å². The van der Waals surface area contributed by atoms with Crippen LogP contribution in [0.3, 0.4) is 0 Å². The van der Waals surface area contributed by atoms with E-state index in [4.69, 9.17) is 5.73 Å². The Morgan fingerprint density at radius 3 is 2.33 bits per heavy atom. The lowest BCUT2D eigenvalue weighted by molar-refractivity contribution is -0.123. The van der Waals surface area contributed by atoms with E-state index in [-0.39, 0.29) is 16.7 Å². The molecular weight excluding hydrogens is 224 g/mol. The minimum absolute atomic E-state index is 0.178. The van der Waals surface area contributed by atoms with Crippen LogP contribution < -0.4 is 11.1 Å².